The third kappa shape index (κ3) is 6.77. The maximum absolute atomic E-state index is 12.0. The van der Waals surface area contributed by atoms with E-state index >= 15 is 0 Å². The van der Waals surface area contributed by atoms with Crippen LogP contribution in [0.1, 0.15) is 24.5 Å². The van der Waals surface area contributed by atoms with Crippen LogP contribution in [0.2, 0.25) is 5.02 Å². The quantitative estimate of drug-likeness (QED) is 0.757. The molecule has 2 rings (SSSR count). The van der Waals surface area contributed by atoms with Gasteiger partial charge in [0.2, 0.25) is 5.91 Å². The van der Waals surface area contributed by atoms with Crippen LogP contribution in [0.15, 0.2) is 48.5 Å². The molecular weight excluding hydrogens is 338 g/mol. The Bertz CT molecular complexity index is 698. The van der Waals surface area contributed by atoms with E-state index in [1.807, 2.05) is 48.5 Å². The van der Waals surface area contributed by atoms with E-state index in [2.05, 4.69) is 5.32 Å². The van der Waals surface area contributed by atoms with Gasteiger partial charge in [-0.25, -0.2) is 0 Å². The first-order valence-electron chi connectivity index (χ1n) is 8.24. The number of amides is 1. The fraction of sp³-hybridized carbons (Fsp3) is 0.350. The SMILES string of the molecule is COc1ccc(C[C@@](C)(O)CNC(=O)CCc2cccc(Cl)c2)cc1. The first kappa shape index (κ1) is 19.3. The molecule has 2 aromatic rings. The van der Waals surface area contributed by atoms with Gasteiger partial charge in [-0.05, 0) is 48.7 Å². The highest BCUT2D eigenvalue weighted by Gasteiger charge is 2.21. The van der Waals surface area contributed by atoms with E-state index in [4.69, 9.17) is 16.3 Å². The van der Waals surface area contributed by atoms with Crippen LogP contribution in [0.5, 0.6) is 5.75 Å². The molecule has 1 amide bonds. The molecular formula is C20H24ClNO3. The molecule has 0 radical (unpaired) electrons. The van der Waals surface area contributed by atoms with Crippen molar-refractivity contribution in [1.82, 2.24) is 5.32 Å². The second kappa shape index (κ2) is 8.88. The highest BCUT2D eigenvalue weighted by Crippen LogP contribution is 2.17. The van der Waals surface area contributed by atoms with E-state index < -0.39 is 5.60 Å². The average Bonchev–Trinajstić information content (AvgIpc) is 2.59. The number of carbonyl (C=O) groups excluding carboxylic acids is 1. The van der Waals surface area contributed by atoms with Crippen molar-refractivity contribution in [1.29, 1.82) is 0 Å². The number of carbonyl (C=O) groups is 1. The number of aliphatic hydroxyl groups is 1. The Kier molecular flexibility index (Phi) is 6.85. The fourth-order valence-electron chi connectivity index (χ4n) is 2.57. The van der Waals surface area contributed by atoms with E-state index in [-0.39, 0.29) is 12.5 Å². The summed E-state index contributed by atoms with van der Waals surface area (Å²) >= 11 is 5.94. The molecule has 0 saturated carbocycles. The zero-order valence-corrected chi connectivity index (χ0v) is 15.3. The summed E-state index contributed by atoms with van der Waals surface area (Å²) in [5.74, 6) is 0.688. The van der Waals surface area contributed by atoms with Gasteiger partial charge in [0.15, 0.2) is 0 Å². The minimum Gasteiger partial charge on any atom is -0.497 e. The number of rotatable bonds is 8. The highest BCUT2D eigenvalue weighted by molar-refractivity contribution is 6.30. The van der Waals surface area contributed by atoms with Crippen molar-refractivity contribution in [2.75, 3.05) is 13.7 Å². The Morgan fingerprint density at radius 3 is 2.56 bits per heavy atom. The van der Waals surface area contributed by atoms with E-state index in [1.54, 1.807) is 14.0 Å². The molecule has 0 spiro atoms. The number of benzene rings is 2. The topological polar surface area (TPSA) is 58.6 Å². The lowest BCUT2D eigenvalue weighted by Gasteiger charge is -2.24. The maximum atomic E-state index is 12.0. The van der Waals surface area contributed by atoms with Gasteiger partial charge in [-0.3, -0.25) is 4.79 Å². The Labute approximate surface area is 153 Å². The third-order valence-electron chi connectivity index (χ3n) is 3.94. The lowest BCUT2D eigenvalue weighted by Crippen LogP contribution is -2.42. The van der Waals surface area contributed by atoms with E-state index in [0.29, 0.717) is 24.3 Å². The molecule has 0 heterocycles. The Balaban J connectivity index is 1.78. The Morgan fingerprint density at radius 2 is 1.92 bits per heavy atom. The van der Waals surface area contributed by atoms with Crippen LogP contribution in [0.4, 0.5) is 0 Å². The van der Waals surface area contributed by atoms with Crippen LogP contribution in [-0.4, -0.2) is 30.3 Å². The summed E-state index contributed by atoms with van der Waals surface area (Å²) in [5.41, 5.74) is 0.993. The average molecular weight is 362 g/mol. The molecule has 0 aromatic heterocycles. The number of methoxy groups -OCH3 is 1. The van der Waals surface area contributed by atoms with Gasteiger partial charge < -0.3 is 15.2 Å². The summed E-state index contributed by atoms with van der Waals surface area (Å²) in [6.45, 7) is 1.92. The first-order valence-corrected chi connectivity index (χ1v) is 8.62. The summed E-state index contributed by atoms with van der Waals surface area (Å²) < 4.78 is 5.12. The lowest BCUT2D eigenvalue weighted by atomic mass is 9.96. The second-order valence-electron chi connectivity index (χ2n) is 6.43. The molecule has 0 saturated heterocycles. The van der Waals surface area contributed by atoms with Gasteiger partial charge in [0.1, 0.15) is 5.75 Å². The number of ether oxygens (including phenoxy) is 1. The number of hydrogen-bond donors (Lipinski definition) is 2. The van der Waals surface area contributed by atoms with Crippen molar-refractivity contribution in [2.45, 2.75) is 31.8 Å². The van der Waals surface area contributed by atoms with Crippen LogP contribution in [0, 0.1) is 0 Å². The summed E-state index contributed by atoms with van der Waals surface area (Å²) in [6, 6.07) is 15.0. The van der Waals surface area contributed by atoms with E-state index in [1.165, 1.54) is 0 Å². The molecule has 4 nitrogen and oxygen atoms in total. The largest absolute Gasteiger partial charge is 0.497 e. The normalized spacial score (nSPS) is 13.1. The van der Waals surface area contributed by atoms with Crippen LogP contribution in [0.3, 0.4) is 0 Å². The van der Waals surface area contributed by atoms with Crippen molar-refractivity contribution < 1.29 is 14.6 Å². The van der Waals surface area contributed by atoms with Crippen molar-refractivity contribution in [3.63, 3.8) is 0 Å². The molecule has 1 atom stereocenters. The van der Waals surface area contributed by atoms with Gasteiger partial charge in [-0.2, -0.15) is 0 Å². The number of aryl methyl sites for hydroxylation is 1. The van der Waals surface area contributed by atoms with Gasteiger partial charge in [0.05, 0.1) is 12.7 Å². The summed E-state index contributed by atoms with van der Waals surface area (Å²) in [7, 11) is 1.62. The molecule has 0 aliphatic rings. The van der Waals surface area contributed by atoms with Crippen molar-refractivity contribution >= 4 is 17.5 Å². The minimum absolute atomic E-state index is 0.0880. The van der Waals surface area contributed by atoms with Crippen LogP contribution >= 0.6 is 11.6 Å². The molecule has 2 aromatic carbocycles. The summed E-state index contributed by atoms with van der Waals surface area (Å²) in [5, 5.41) is 14.0. The Morgan fingerprint density at radius 1 is 1.20 bits per heavy atom. The molecule has 0 unspecified atom stereocenters. The van der Waals surface area contributed by atoms with Gasteiger partial charge >= 0.3 is 0 Å². The fourth-order valence-corrected chi connectivity index (χ4v) is 2.79. The highest BCUT2D eigenvalue weighted by atomic mass is 35.5. The lowest BCUT2D eigenvalue weighted by molar-refractivity contribution is -0.122. The molecule has 134 valence electrons. The number of hydrogen-bond acceptors (Lipinski definition) is 3. The molecule has 0 fully saturated rings. The van der Waals surface area contributed by atoms with E-state index in [9.17, 15) is 9.90 Å². The van der Waals surface area contributed by atoms with Crippen LogP contribution < -0.4 is 10.1 Å². The maximum Gasteiger partial charge on any atom is 0.220 e. The number of halogens is 1. The van der Waals surface area contributed by atoms with Gasteiger partial charge in [-0.15, -0.1) is 0 Å². The molecule has 5 heteroatoms. The van der Waals surface area contributed by atoms with Gasteiger partial charge in [0.25, 0.3) is 0 Å². The standard InChI is InChI=1S/C20H24ClNO3/c1-20(24,13-16-6-9-18(25-2)10-7-16)14-22-19(23)11-8-15-4-3-5-17(21)12-15/h3-7,9-10,12,24H,8,11,13-14H2,1-2H3,(H,22,23)/t20-/m1/s1. The molecule has 0 bridgehead atoms. The molecule has 0 aliphatic heterocycles. The second-order valence-corrected chi connectivity index (χ2v) is 6.86. The van der Waals surface area contributed by atoms with Crippen LogP contribution in [-0.2, 0) is 17.6 Å². The minimum atomic E-state index is -1.01. The zero-order valence-electron chi connectivity index (χ0n) is 14.6. The summed E-state index contributed by atoms with van der Waals surface area (Å²) in [6.07, 6.45) is 1.43. The van der Waals surface area contributed by atoms with Crippen LogP contribution in [0.25, 0.3) is 0 Å². The monoisotopic (exact) mass is 361 g/mol. The van der Waals surface area contributed by atoms with Crippen molar-refractivity contribution in [3.05, 3.63) is 64.7 Å². The predicted octanol–water partition coefficient (Wildman–Crippen LogP) is 3.39. The summed E-state index contributed by atoms with van der Waals surface area (Å²) in [4.78, 5) is 12.0. The predicted molar refractivity (Wildman–Crippen MR) is 100 cm³/mol. The van der Waals surface area contributed by atoms with Crippen molar-refractivity contribution in [3.8, 4) is 5.75 Å². The molecule has 0 aliphatic carbocycles. The smallest absolute Gasteiger partial charge is 0.220 e. The molecule has 25 heavy (non-hydrogen) atoms. The van der Waals surface area contributed by atoms with Gasteiger partial charge in [-0.1, -0.05) is 35.9 Å². The van der Waals surface area contributed by atoms with Gasteiger partial charge in [0, 0.05) is 24.4 Å². The zero-order chi connectivity index (χ0) is 18.3. The Hall–Kier alpha value is -2.04. The first-order chi connectivity index (χ1) is 11.9. The third-order valence-corrected chi connectivity index (χ3v) is 4.18. The van der Waals surface area contributed by atoms with Crippen molar-refractivity contribution in [2.24, 2.45) is 0 Å². The number of nitrogens with one attached hydrogen (secondary N) is 1. The molecule has 2 N–H and O–H groups in total. The van der Waals surface area contributed by atoms with E-state index in [0.717, 1.165) is 16.9 Å².